The minimum absolute atomic E-state index is 0.281. The molecule has 4 aliphatic rings. The molecule has 0 saturated heterocycles. The van der Waals surface area contributed by atoms with E-state index < -0.39 is 0 Å². The standard InChI is InChI=1S/C21H18N2O4/c24-18-9-10-19(25)22(18)16-5-1-14(2-6-16)13-15-3-7-17(8-4-15)23-20(26)11-12-21(23)27/h1,3,5,7,9-12H,2,4,6,8,13H2. The highest BCUT2D eigenvalue weighted by atomic mass is 16.2. The first kappa shape index (κ1) is 17.1. The summed E-state index contributed by atoms with van der Waals surface area (Å²) in [4.78, 5) is 49.5. The van der Waals surface area contributed by atoms with Gasteiger partial charge in [-0.25, -0.2) is 9.80 Å². The van der Waals surface area contributed by atoms with Gasteiger partial charge in [0.2, 0.25) is 0 Å². The number of carbonyl (C=O) groups is 4. The van der Waals surface area contributed by atoms with Crippen molar-refractivity contribution in [2.24, 2.45) is 0 Å². The Kier molecular flexibility index (Phi) is 4.32. The normalized spacial score (nSPS) is 22.4. The molecule has 6 nitrogen and oxygen atoms in total. The summed E-state index contributed by atoms with van der Waals surface area (Å²) in [7, 11) is 0. The number of imide groups is 2. The quantitative estimate of drug-likeness (QED) is 0.720. The number of carbonyl (C=O) groups excluding carboxylic acids is 4. The van der Waals surface area contributed by atoms with E-state index in [4.69, 9.17) is 0 Å². The summed E-state index contributed by atoms with van der Waals surface area (Å²) >= 11 is 0. The van der Waals surface area contributed by atoms with Crippen molar-refractivity contribution >= 4 is 23.6 Å². The van der Waals surface area contributed by atoms with Gasteiger partial charge in [-0.3, -0.25) is 19.2 Å². The van der Waals surface area contributed by atoms with Gasteiger partial charge in [0.15, 0.2) is 0 Å². The van der Waals surface area contributed by atoms with E-state index >= 15 is 0 Å². The van der Waals surface area contributed by atoms with Gasteiger partial charge in [-0.2, -0.15) is 0 Å². The summed E-state index contributed by atoms with van der Waals surface area (Å²) in [5.74, 6) is -1.12. The first-order valence-corrected chi connectivity index (χ1v) is 8.92. The van der Waals surface area contributed by atoms with Crippen LogP contribution in [0.2, 0.25) is 0 Å². The second-order valence-electron chi connectivity index (χ2n) is 6.83. The van der Waals surface area contributed by atoms with E-state index in [0.717, 1.165) is 30.7 Å². The topological polar surface area (TPSA) is 74.8 Å². The van der Waals surface area contributed by atoms with Gasteiger partial charge in [-0.15, -0.1) is 0 Å². The van der Waals surface area contributed by atoms with Crippen LogP contribution in [-0.2, 0) is 19.2 Å². The van der Waals surface area contributed by atoms with Gasteiger partial charge in [0.05, 0.1) is 0 Å². The van der Waals surface area contributed by atoms with Crippen LogP contribution in [0.25, 0.3) is 0 Å². The zero-order chi connectivity index (χ0) is 19.0. The number of rotatable bonds is 4. The third kappa shape index (κ3) is 3.26. The molecule has 2 aliphatic heterocycles. The van der Waals surface area contributed by atoms with Crippen molar-refractivity contribution in [3.05, 3.63) is 71.1 Å². The van der Waals surface area contributed by atoms with Gasteiger partial charge in [0.1, 0.15) is 0 Å². The minimum atomic E-state index is -0.281. The van der Waals surface area contributed by atoms with Crippen molar-refractivity contribution in [3.8, 4) is 0 Å². The highest BCUT2D eigenvalue weighted by Gasteiger charge is 2.29. The van der Waals surface area contributed by atoms with Crippen molar-refractivity contribution in [3.63, 3.8) is 0 Å². The Labute approximate surface area is 156 Å². The average Bonchev–Trinajstić information content (AvgIpc) is 3.18. The third-order valence-corrected chi connectivity index (χ3v) is 5.07. The fourth-order valence-corrected chi connectivity index (χ4v) is 3.66. The van der Waals surface area contributed by atoms with Crippen molar-refractivity contribution in [1.29, 1.82) is 0 Å². The summed E-state index contributed by atoms with van der Waals surface area (Å²) in [6, 6.07) is 0. The smallest absolute Gasteiger partial charge is 0.257 e. The Morgan fingerprint density at radius 1 is 0.556 bits per heavy atom. The van der Waals surface area contributed by atoms with Crippen LogP contribution < -0.4 is 0 Å². The van der Waals surface area contributed by atoms with Crippen LogP contribution in [0.1, 0.15) is 32.1 Å². The summed E-state index contributed by atoms with van der Waals surface area (Å²) in [6.45, 7) is 0. The molecule has 2 heterocycles. The zero-order valence-electron chi connectivity index (χ0n) is 14.7. The molecule has 0 aromatic carbocycles. The molecule has 0 spiro atoms. The van der Waals surface area contributed by atoms with Crippen LogP contribution in [0.15, 0.2) is 71.1 Å². The third-order valence-electron chi connectivity index (χ3n) is 5.07. The first-order chi connectivity index (χ1) is 13.0. The second-order valence-corrected chi connectivity index (χ2v) is 6.83. The lowest BCUT2D eigenvalue weighted by Gasteiger charge is -2.24. The number of hydrogen-bond acceptors (Lipinski definition) is 4. The van der Waals surface area contributed by atoms with Crippen LogP contribution in [0.4, 0.5) is 0 Å². The largest absolute Gasteiger partial charge is 0.269 e. The van der Waals surface area contributed by atoms with Crippen LogP contribution in [0.3, 0.4) is 0 Å². The molecule has 136 valence electrons. The van der Waals surface area contributed by atoms with Crippen LogP contribution in [0, 0.1) is 0 Å². The predicted molar refractivity (Wildman–Crippen MR) is 97.4 cm³/mol. The van der Waals surface area contributed by atoms with Gasteiger partial charge < -0.3 is 0 Å². The number of allylic oxidation sites excluding steroid dienone is 8. The fraction of sp³-hybridized carbons (Fsp3) is 0.238. The summed E-state index contributed by atoms with van der Waals surface area (Å²) in [5, 5.41) is 0. The molecule has 0 fully saturated rings. The molecule has 0 N–H and O–H groups in total. The molecule has 0 aromatic rings. The SMILES string of the molecule is O=C1C=CC(=O)N1C1=CC=C(CC2=CC=C(N3C(=O)C=CC3=O)CC2)CC1. The number of hydrogen-bond donors (Lipinski definition) is 0. The zero-order valence-corrected chi connectivity index (χ0v) is 14.7. The van der Waals surface area contributed by atoms with E-state index in [9.17, 15) is 19.2 Å². The van der Waals surface area contributed by atoms with Crippen molar-refractivity contribution in [2.45, 2.75) is 32.1 Å². The first-order valence-electron chi connectivity index (χ1n) is 8.92. The van der Waals surface area contributed by atoms with E-state index in [-0.39, 0.29) is 23.6 Å². The summed E-state index contributed by atoms with van der Waals surface area (Å²) in [5.41, 5.74) is 3.95. The monoisotopic (exact) mass is 362 g/mol. The Morgan fingerprint density at radius 3 is 1.22 bits per heavy atom. The van der Waals surface area contributed by atoms with Gasteiger partial charge in [-0.1, -0.05) is 23.3 Å². The maximum absolute atomic E-state index is 11.8. The Bertz CT molecular complexity index is 831. The minimum Gasteiger partial charge on any atom is -0.269 e. The molecule has 0 atom stereocenters. The molecule has 0 bridgehead atoms. The van der Waals surface area contributed by atoms with Gasteiger partial charge >= 0.3 is 0 Å². The molecule has 6 heteroatoms. The van der Waals surface area contributed by atoms with E-state index in [2.05, 4.69) is 0 Å². The Hall–Kier alpha value is -3.28. The van der Waals surface area contributed by atoms with Crippen molar-refractivity contribution in [2.75, 3.05) is 0 Å². The molecule has 0 radical (unpaired) electrons. The maximum atomic E-state index is 11.8. The molecular formula is C21H18N2O4. The lowest BCUT2D eigenvalue weighted by Crippen LogP contribution is -2.30. The molecule has 4 amide bonds. The van der Waals surface area contributed by atoms with E-state index in [1.165, 1.54) is 45.3 Å². The maximum Gasteiger partial charge on any atom is 0.257 e. The summed E-state index contributed by atoms with van der Waals surface area (Å²) in [6.07, 6.45) is 16.6. The van der Waals surface area contributed by atoms with Crippen LogP contribution >= 0.6 is 0 Å². The number of amides is 4. The van der Waals surface area contributed by atoms with Crippen molar-refractivity contribution < 1.29 is 19.2 Å². The molecule has 0 saturated carbocycles. The highest BCUT2D eigenvalue weighted by Crippen LogP contribution is 2.31. The molecule has 0 aromatic heterocycles. The van der Waals surface area contributed by atoms with Crippen LogP contribution in [-0.4, -0.2) is 33.4 Å². The predicted octanol–water partition coefficient (Wildman–Crippen LogP) is 2.43. The fourth-order valence-electron chi connectivity index (χ4n) is 3.66. The Morgan fingerprint density at radius 2 is 0.926 bits per heavy atom. The van der Waals surface area contributed by atoms with Crippen molar-refractivity contribution in [1.82, 2.24) is 9.80 Å². The van der Waals surface area contributed by atoms with Crippen LogP contribution in [0.5, 0.6) is 0 Å². The lowest BCUT2D eigenvalue weighted by molar-refractivity contribution is -0.136. The summed E-state index contributed by atoms with van der Waals surface area (Å²) < 4.78 is 0. The highest BCUT2D eigenvalue weighted by molar-refractivity contribution is 6.14. The molecule has 2 aliphatic carbocycles. The van der Waals surface area contributed by atoms with Gasteiger partial charge in [0.25, 0.3) is 23.6 Å². The Balaban J connectivity index is 1.42. The lowest BCUT2D eigenvalue weighted by atomic mass is 9.91. The van der Waals surface area contributed by atoms with E-state index in [1.807, 2.05) is 24.3 Å². The molecular weight excluding hydrogens is 344 g/mol. The van der Waals surface area contributed by atoms with Gasteiger partial charge in [0, 0.05) is 35.7 Å². The van der Waals surface area contributed by atoms with E-state index in [0.29, 0.717) is 12.8 Å². The second kappa shape index (κ2) is 6.79. The number of nitrogens with zero attached hydrogens (tertiary/aromatic N) is 2. The average molecular weight is 362 g/mol. The molecule has 0 unspecified atom stereocenters. The molecule has 27 heavy (non-hydrogen) atoms. The van der Waals surface area contributed by atoms with Gasteiger partial charge in [-0.05, 0) is 44.3 Å². The van der Waals surface area contributed by atoms with E-state index in [1.54, 1.807) is 0 Å². The molecule has 4 rings (SSSR count).